The first-order valence-corrected chi connectivity index (χ1v) is 11.5. The van der Waals surface area contributed by atoms with E-state index in [0.717, 1.165) is 62.8 Å². The molecule has 0 saturated carbocycles. The second kappa shape index (κ2) is 13.8. The zero-order valence-corrected chi connectivity index (χ0v) is 22.6. The van der Waals surface area contributed by atoms with E-state index in [1.165, 1.54) is 11.1 Å². The van der Waals surface area contributed by atoms with Crippen LogP contribution in [0, 0.1) is 6.92 Å². The van der Waals surface area contributed by atoms with Gasteiger partial charge in [-0.2, -0.15) is 0 Å². The molecule has 1 fully saturated rings. The van der Waals surface area contributed by atoms with Gasteiger partial charge in [-0.1, -0.05) is 42.5 Å². The number of benzene rings is 2. The van der Waals surface area contributed by atoms with Gasteiger partial charge >= 0.3 is 0 Å². The minimum absolute atomic E-state index is 0. The van der Waals surface area contributed by atoms with Crippen LogP contribution in [0.4, 0.5) is 0 Å². The number of nitrogens with one attached hydrogen (secondary N) is 3. The molecule has 0 aliphatic carbocycles. The highest BCUT2D eigenvalue weighted by molar-refractivity contribution is 14.0. The Hall–Kier alpha value is -1.84. The van der Waals surface area contributed by atoms with Gasteiger partial charge in [-0.3, -0.25) is 4.99 Å². The fourth-order valence-electron chi connectivity index (χ4n) is 4.24. The molecule has 2 aromatic rings. The Balaban J connectivity index is 0.00000385. The van der Waals surface area contributed by atoms with Crippen molar-refractivity contribution in [1.29, 1.82) is 0 Å². The summed E-state index contributed by atoms with van der Waals surface area (Å²) in [4.78, 5) is 4.43. The first-order chi connectivity index (χ1) is 15.5. The number of ether oxygens (including phenoxy) is 2. The molecule has 1 aliphatic heterocycles. The molecule has 33 heavy (non-hydrogen) atoms. The average Bonchev–Trinajstić information content (AvgIpc) is 2.83. The van der Waals surface area contributed by atoms with Gasteiger partial charge in [-0.25, -0.2) is 0 Å². The Morgan fingerprint density at radius 2 is 1.85 bits per heavy atom. The van der Waals surface area contributed by atoms with Crippen LogP contribution in [0.3, 0.4) is 0 Å². The van der Waals surface area contributed by atoms with E-state index in [9.17, 15) is 0 Å². The summed E-state index contributed by atoms with van der Waals surface area (Å²) in [5.41, 5.74) is 3.67. The maximum absolute atomic E-state index is 5.66. The van der Waals surface area contributed by atoms with E-state index in [4.69, 9.17) is 9.47 Å². The molecule has 6 nitrogen and oxygen atoms in total. The van der Waals surface area contributed by atoms with Gasteiger partial charge in [0.2, 0.25) is 0 Å². The van der Waals surface area contributed by atoms with Crippen LogP contribution in [-0.2, 0) is 11.2 Å². The molecule has 0 bridgehead atoms. The SMILES string of the molecule is CN=C(NCCc1ccc(C)c(OC)c1)NCC1(NC(C)c2ccccc2)CCOCC1.I. The lowest BCUT2D eigenvalue weighted by molar-refractivity contribution is 0.0355. The second-order valence-corrected chi connectivity index (χ2v) is 8.58. The topological polar surface area (TPSA) is 66.9 Å². The van der Waals surface area contributed by atoms with E-state index in [-0.39, 0.29) is 35.6 Å². The Kier molecular flexibility index (Phi) is 11.4. The summed E-state index contributed by atoms with van der Waals surface area (Å²) in [6, 6.07) is 17.2. The van der Waals surface area contributed by atoms with Crippen molar-refractivity contribution in [2.45, 2.75) is 44.7 Å². The lowest BCUT2D eigenvalue weighted by Gasteiger charge is -2.41. The molecule has 0 radical (unpaired) electrons. The molecule has 0 aromatic heterocycles. The summed E-state index contributed by atoms with van der Waals surface area (Å²) in [5, 5.41) is 10.9. The maximum Gasteiger partial charge on any atom is 0.191 e. The molecule has 1 unspecified atom stereocenters. The van der Waals surface area contributed by atoms with Crippen molar-refractivity contribution in [3.8, 4) is 5.75 Å². The van der Waals surface area contributed by atoms with Crippen LogP contribution < -0.4 is 20.7 Å². The van der Waals surface area contributed by atoms with Gasteiger partial charge in [0.25, 0.3) is 0 Å². The number of aryl methyl sites for hydroxylation is 1. The highest BCUT2D eigenvalue weighted by Gasteiger charge is 2.34. The number of hydrogen-bond donors (Lipinski definition) is 3. The molecule has 3 rings (SSSR count). The predicted molar refractivity (Wildman–Crippen MR) is 147 cm³/mol. The van der Waals surface area contributed by atoms with E-state index < -0.39 is 0 Å². The monoisotopic (exact) mass is 566 g/mol. The molecule has 7 heteroatoms. The summed E-state index contributed by atoms with van der Waals surface area (Å²) >= 11 is 0. The number of guanidine groups is 1. The molecule has 3 N–H and O–H groups in total. The Labute approximate surface area is 216 Å². The van der Waals surface area contributed by atoms with Crippen molar-refractivity contribution >= 4 is 29.9 Å². The van der Waals surface area contributed by atoms with Crippen molar-refractivity contribution in [2.75, 3.05) is 40.5 Å². The van der Waals surface area contributed by atoms with E-state index >= 15 is 0 Å². The van der Waals surface area contributed by atoms with Crippen LogP contribution in [0.1, 0.15) is 42.5 Å². The van der Waals surface area contributed by atoms with Crippen LogP contribution in [0.2, 0.25) is 0 Å². The number of aliphatic imine (C=N–C) groups is 1. The van der Waals surface area contributed by atoms with Crippen LogP contribution >= 0.6 is 24.0 Å². The van der Waals surface area contributed by atoms with Crippen molar-refractivity contribution in [2.24, 2.45) is 4.99 Å². The summed E-state index contributed by atoms with van der Waals surface area (Å²) < 4.78 is 11.1. The smallest absolute Gasteiger partial charge is 0.191 e. The zero-order valence-electron chi connectivity index (χ0n) is 20.3. The van der Waals surface area contributed by atoms with Crippen molar-refractivity contribution < 1.29 is 9.47 Å². The normalized spacial score (nSPS) is 16.4. The zero-order chi connectivity index (χ0) is 22.8. The number of halogens is 1. The molecular weight excluding hydrogens is 527 g/mol. The van der Waals surface area contributed by atoms with Gasteiger partial charge in [0.1, 0.15) is 5.75 Å². The molecule has 182 valence electrons. The van der Waals surface area contributed by atoms with E-state index in [2.05, 4.69) is 83.3 Å². The standard InChI is InChI=1S/C26H38N4O2.HI/c1-20-10-11-22(18-24(20)31-4)12-15-28-25(27-3)29-19-26(13-16-32-17-14-26)30-21(2)23-8-6-5-7-9-23;/h5-11,18,21,30H,12-17,19H2,1-4H3,(H2,27,28,29);1H. The Morgan fingerprint density at radius 1 is 1.12 bits per heavy atom. The molecule has 1 saturated heterocycles. The van der Waals surface area contributed by atoms with Crippen molar-refractivity contribution in [3.05, 3.63) is 65.2 Å². The molecular formula is C26H39IN4O2. The molecule has 1 heterocycles. The summed E-state index contributed by atoms with van der Waals surface area (Å²) in [6.07, 6.45) is 2.84. The first-order valence-electron chi connectivity index (χ1n) is 11.5. The predicted octanol–water partition coefficient (Wildman–Crippen LogP) is 4.23. The fraction of sp³-hybridized carbons (Fsp3) is 0.500. The third-order valence-corrected chi connectivity index (χ3v) is 6.27. The highest BCUT2D eigenvalue weighted by atomic mass is 127. The van der Waals surface area contributed by atoms with Crippen LogP contribution in [0.25, 0.3) is 0 Å². The molecule has 2 aromatic carbocycles. The summed E-state index contributed by atoms with van der Waals surface area (Å²) in [5.74, 6) is 1.76. The molecule has 1 aliphatic rings. The van der Waals surface area contributed by atoms with Gasteiger partial charge in [0.05, 0.1) is 7.11 Å². The number of hydrogen-bond acceptors (Lipinski definition) is 4. The molecule has 1 atom stereocenters. The Morgan fingerprint density at radius 3 is 2.52 bits per heavy atom. The number of nitrogens with zero attached hydrogens (tertiary/aromatic N) is 1. The van der Waals surface area contributed by atoms with Gasteiger partial charge in [0.15, 0.2) is 5.96 Å². The van der Waals surface area contributed by atoms with Crippen LogP contribution in [-0.4, -0.2) is 52.0 Å². The average molecular weight is 567 g/mol. The lowest BCUT2D eigenvalue weighted by atomic mass is 9.88. The van der Waals surface area contributed by atoms with Crippen molar-refractivity contribution in [3.63, 3.8) is 0 Å². The van der Waals surface area contributed by atoms with Crippen LogP contribution in [0.15, 0.2) is 53.5 Å². The minimum atomic E-state index is -0.0323. The van der Waals surface area contributed by atoms with Gasteiger partial charge in [-0.05, 0) is 55.9 Å². The largest absolute Gasteiger partial charge is 0.496 e. The van der Waals surface area contributed by atoms with E-state index in [1.54, 1.807) is 7.11 Å². The number of methoxy groups -OCH3 is 1. The van der Waals surface area contributed by atoms with Gasteiger partial charge < -0.3 is 25.4 Å². The maximum atomic E-state index is 5.66. The third-order valence-electron chi connectivity index (χ3n) is 6.27. The lowest BCUT2D eigenvalue weighted by Crippen LogP contribution is -2.58. The number of rotatable bonds is 9. The summed E-state index contributed by atoms with van der Waals surface area (Å²) in [7, 11) is 3.54. The minimum Gasteiger partial charge on any atom is -0.496 e. The molecule has 0 amide bonds. The quantitative estimate of drug-likeness (QED) is 0.241. The van der Waals surface area contributed by atoms with Crippen LogP contribution in [0.5, 0.6) is 5.75 Å². The summed E-state index contributed by atoms with van der Waals surface area (Å²) in [6.45, 7) is 7.44. The van der Waals surface area contributed by atoms with Gasteiger partial charge in [0, 0.05) is 44.9 Å². The highest BCUT2D eigenvalue weighted by Crippen LogP contribution is 2.25. The first kappa shape index (κ1) is 27.4. The van der Waals surface area contributed by atoms with E-state index in [0.29, 0.717) is 0 Å². The third kappa shape index (κ3) is 8.15. The van der Waals surface area contributed by atoms with Crippen molar-refractivity contribution in [1.82, 2.24) is 16.0 Å². The Bertz CT molecular complexity index is 870. The molecule has 0 spiro atoms. The second-order valence-electron chi connectivity index (χ2n) is 8.58. The fourth-order valence-corrected chi connectivity index (χ4v) is 4.24. The van der Waals surface area contributed by atoms with E-state index in [1.807, 2.05) is 7.05 Å². The van der Waals surface area contributed by atoms with Gasteiger partial charge in [-0.15, -0.1) is 24.0 Å².